The highest BCUT2D eigenvalue weighted by Gasteiger charge is 2.22. The molecule has 0 aliphatic carbocycles. The lowest BCUT2D eigenvalue weighted by atomic mass is 10.1. The van der Waals surface area contributed by atoms with Crippen LogP contribution in [-0.4, -0.2) is 22.3 Å². The molecule has 2 aromatic heterocycles. The van der Waals surface area contributed by atoms with Gasteiger partial charge in [-0.15, -0.1) is 0 Å². The third-order valence-corrected chi connectivity index (χ3v) is 4.19. The SMILES string of the molecule is N#Cc1cc(-c2ccncc2)cn(CC2COc3ccccc3O2)c1=O. The van der Waals surface area contributed by atoms with Gasteiger partial charge in [0.15, 0.2) is 17.6 Å². The Morgan fingerprint density at radius 2 is 1.92 bits per heavy atom. The number of nitrogens with zero attached hydrogens (tertiary/aromatic N) is 3. The van der Waals surface area contributed by atoms with Crippen molar-refractivity contribution < 1.29 is 9.47 Å². The van der Waals surface area contributed by atoms with Gasteiger partial charge in [-0.1, -0.05) is 12.1 Å². The van der Waals surface area contributed by atoms with E-state index in [0.717, 1.165) is 11.1 Å². The summed E-state index contributed by atoms with van der Waals surface area (Å²) >= 11 is 0. The predicted octanol–water partition coefficient (Wildman–Crippen LogP) is 2.62. The van der Waals surface area contributed by atoms with Gasteiger partial charge in [0.05, 0.1) is 6.54 Å². The van der Waals surface area contributed by atoms with E-state index < -0.39 is 0 Å². The Balaban J connectivity index is 1.67. The van der Waals surface area contributed by atoms with Gasteiger partial charge < -0.3 is 14.0 Å². The van der Waals surface area contributed by atoms with Crippen LogP contribution in [0.2, 0.25) is 0 Å². The molecule has 1 aliphatic rings. The molecule has 0 radical (unpaired) electrons. The van der Waals surface area contributed by atoms with Crippen molar-refractivity contribution in [2.75, 3.05) is 6.61 Å². The van der Waals surface area contributed by atoms with Crippen molar-refractivity contribution in [3.8, 4) is 28.7 Å². The smallest absolute Gasteiger partial charge is 0.268 e. The molecule has 26 heavy (non-hydrogen) atoms. The first-order chi connectivity index (χ1) is 12.7. The molecule has 1 aliphatic heterocycles. The third-order valence-electron chi connectivity index (χ3n) is 4.19. The van der Waals surface area contributed by atoms with Crippen molar-refractivity contribution in [1.82, 2.24) is 9.55 Å². The van der Waals surface area contributed by atoms with Crippen LogP contribution in [0.25, 0.3) is 11.1 Å². The fourth-order valence-corrected chi connectivity index (χ4v) is 2.93. The summed E-state index contributed by atoms with van der Waals surface area (Å²) in [7, 11) is 0. The van der Waals surface area contributed by atoms with Crippen LogP contribution in [0.3, 0.4) is 0 Å². The molecule has 6 nitrogen and oxygen atoms in total. The van der Waals surface area contributed by atoms with Crippen LogP contribution in [0.4, 0.5) is 0 Å². The number of hydrogen-bond donors (Lipinski definition) is 0. The maximum absolute atomic E-state index is 12.5. The van der Waals surface area contributed by atoms with Gasteiger partial charge in [-0.25, -0.2) is 0 Å². The van der Waals surface area contributed by atoms with Gasteiger partial charge in [-0.05, 0) is 41.5 Å². The normalized spacial score (nSPS) is 15.3. The van der Waals surface area contributed by atoms with Crippen molar-refractivity contribution in [2.45, 2.75) is 12.6 Å². The van der Waals surface area contributed by atoms with E-state index in [0.29, 0.717) is 24.7 Å². The molecular weight excluding hydrogens is 330 g/mol. The van der Waals surface area contributed by atoms with E-state index >= 15 is 0 Å². The van der Waals surface area contributed by atoms with E-state index in [2.05, 4.69) is 4.98 Å². The Labute approximate surface area is 149 Å². The molecule has 1 atom stereocenters. The minimum Gasteiger partial charge on any atom is -0.486 e. The number of pyridine rings is 2. The number of benzene rings is 1. The fourth-order valence-electron chi connectivity index (χ4n) is 2.93. The van der Waals surface area contributed by atoms with Crippen LogP contribution >= 0.6 is 0 Å². The Bertz CT molecular complexity index is 1040. The molecule has 0 N–H and O–H groups in total. The van der Waals surface area contributed by atoms with Crippen LogP contribution in [0.1, 0.15) is 5.56 Å². The summed E-state index contributed by atoms with van der Waals surface area (Å²) in [5.41, 5.74) is 1.42. The summed E-state index contributed by atoms with van der Waals surface area (Å²) in [4.78, 5) is 16.5. The van der Waals surface area contributed by atoms with Gasteiger partial charge >= 0.3 is 0 Å². The number of rotatable bonds is 3. The topological polar surface area (TPSA) is 77.1 Å². The van der Waals surface area contributed by atoms with E-state index in [9.17, 15) is 10.1 Å². The lowest BCUT2D eigenvalue weighted by molar-refractivity contribution is 0.0778. The Morgan fingerprint density at radius 1 is 1.15 bits per heavy atom. The molecule has 1 aromatic carbocycles. The molecule has 0 saturated carbocycles. The molecule has 0 fully saturated rings. The molecule has 0 bridgehead atoms. The predicted molar refractivity (Wildman–Crippen MR) is 95.0 cm³/mol. The Morgan fingerprint density at radius 3 is 2.69 bits per heavy atom. The van der Waals surface area contributed by atoms with Crippen LogP contribution < -0.4 is 15.0 Å². The Hall–Kier alpha value is -3.59. The summed E-state index contributed by atoms with van der Waals surface area (Å²) < 4.78 is 13.1. The average Bonchev–Trinajstić information content (AvgIpc) is 2.70. The second-order valence-electron chi connectivity index (χ2n) is 5.95. The number of aromatic nitrogens is 2. The minimum atomic E-state index is -0.340. The summed E-state index contributed by atoms with van der Waals surface area (Å²) in [6.45, 7) is 0.631. The maximum atomic E-state index is 12.5. The second kappa shape index (κ2) is 6.73. The lowest BCUT2D eigenvalue weighted by Crippen LogP contribution is -2.37. The maximum Gasteiger partial charge on any atom is 0.268 e. The van der Waals surface area contributed by atoms with Gasteiger partial charge in [0, 0.05) is 18.6 Å². The van der Waals surface area contributed by atoms with Gasteiger partial charge in [-0.3, -0.25) is 9.78 Å². The molecule has 6 heteroatoms. The van der Waals surface area contributed by atoms with Gasteiger partial charge in [0.25, 0.3) is 5.56 Å². The number of hydrogen-bond acceptors (Lipinski definition) is 5. The molecular formula is C20H15N3O3. The van der Waals surface area contributed by atoms with E-state index in [1.807, 2.05) is 42.5 Å². The standard InChI is InChI=1S/C20H15N3O3/c21-10-15-9-16(14-5-7-22-8-6-14)11-23(20(15)24)12-17-13-25-18-3-1-2-4-19(18)26-17/h1-9,11,17H,12-13H2. The molecule has 1 unspecified atom stereocenters. The second-order valence-corrected chi connectivity index (χ2v) is 5.95. The molecule has 128 valence electrons. The van der Waals surface area contributed by atoms with Gasteiger partial charge in [0.1, 0.15) is 18.2 Å². The van der Waals surface area contributed by atoms with Crippen molar-refractivity contribution >= 4 is 0 Å². The summed E-state index contributed by atoms with van der Waals surface area (Å²) in [5.74, 6) is 1.35. The number of ether oxygens (including phenoxy) is 2. The number of nitriles is 1. The van der Waals surface area contributed by atoms with Gasteiger partial charge in [-0.2, -0.15) is 5.26 Å². The molecule has 0 spiro atoms. The van der Waals surface area contributed by atoms with E-state index in [1.165, 1.54) is 4.57 Å². The molecule has 0 saturated heterocycles. The van der Waals surface area contributed by atoms with Crippen LogP contribution in [0.5, 0.6) is 11.5 Å². The highest BCUT2D eigenvalue weighted by Crippen LogP contribution is 2.31. The quantitative estimate of drug-likeness (QED) is 0.729. The first-order valence-corrected chi connectivity index (χ1v) is 8.18. The van der Waals surface area contributed by atoms with Crippen LogP contribution in [0.15, 0.2) is 65.8 Å². The monoisotopic (exact) mass is 345 g/mol. The van der Waals surface area contributed by atoms with E-state index in [-0.39, 0.29) is 17.2 Å². The molecule has 0 amide bonds. The molecule has 3 aromatic rings. The van der Waals surface area contributed by atoms with Crippen LogP contribution in [0, 0.1) is 11.3 Å². The van der Waals surface area contributed by atoms with E-state index in [4.69, 9.17) is 9.47 Å². The minimum absolute atomic E-state index is 0.0939. The van der Waals surface area contributed by atoms with Crippen molar-refractivity contribution in [3.05, 3.63) is 77.0 Å². The first kappa shape index (κ1) is 15.9. The Kier molecular flexibility index (Phi) is 4.12. The average molecular weight is 345 g/mol. The van der Waals surface area contributed by atoms with Crippen molar-refractivity contribution in [3.63, 3.8) is 0 Å². The zero-order valence-corrected chi connectivity index (χ0v) is 13.8. The highest BCUT2D eigenvalue weighted by atomic mass is 16.6. The van der Waals surface area contributed by atoms with E-state index in [1.54, 1.807) is 24.7 Å². The number of para-hydroxylation sites is 2. The highest BCUT2D eigenvalue weighted by molar-refractivity contribution is 5.63. The summed E-state index contributed by atoms with van der Waals surface area (Å²) in [6, 6.07) is 14.7. The summed E-state index contributed by atoms with van der Waals surface area (Å²) in [5, 5.41) is 9.32. The van der Waals surface area contributed by atoms with Crippen LogP contribution in [-0.2, 0) is 6.54 Å². The van der Waals surface area contributed by atoms with Crippen molar-refractivity contribution in [1.29, 1.82) is 5.26 Å². The fraction of sp³-hybridized carbons (Fsp3) is 0.150. The summed E-state index contributed by atoms with van der Waals surface area (Å²) in [6.07, 6.45) is 4.77. The molecule has 3 heterocycles. The first-order valence-electron chi connectivity index (χ1n) is 8.18. The zero-order valence-electron chi connectivity index (χ0n) is 13.8. The zero-order chi connectivity index (χ0) is 17.9. The van der Waals surface area contributed by atoms with Gasteiger partial charge in [0.2, 0.25) is 0 Å². The number of fused-ring (bicyclic) bond motifs is 1. The third kappa shape index (κ3) is 3.03. The molecule has 4 rings (SSSR count). The van der Waals surface area contributed by atoms with Crippen molar-refractivity contribution in [2.24, 2.45) is 0 Å². The lowest BCUT2D eigenvalue weighted by Gasteiger charge is -2.27. The largest absolute Gasteiger partial charge is 0.486 e.